The molecule has 0 aliphatic rings. The molecular formula is C15H23N3OS. The molecule has 110 valence electrons. The molecule has 5 heteroatoms. The van der Waals surface area contributed by atoms with Crippen molar-refractivity contribution in [2.24, 2.45) is 0 Å². The summed E-state index contributed by atoms with van der Waals surface area (Å²) >= 11 is 5.11. The highest BCUT2D eigenvalue weighted by Crippen LogP contribution is 1.97. The van der Waals surface area contributed by atoms with Crippen LogP contribution in [0.25, 0.3) is 0 Å². The van der Waals surface area contributed by atoms with Crippen LogP contribution in [0.15, 0.2) is 30.3 Å². The predicted octanol–water partition coefficient (Wildman–Crippen LogP) is 2.02. The van der Waals surface area contributed by atoms with Crippen molar-refractivity contribution in [1.82, 2.24) is 15.5 Å². The molecule has 1 aromatic carbocycles. The van der Waals surface area contributed by atoms with Gasteiger partial charge in [-0.1, -0.05) is 32.0 Å². The number of nitrogens with one attached hydrogen (secondary N) is 2. The van der Waals surface area contributed by atoms with Crippen LogP contribution < -0.4 is 10.6 Å². The van der Waals surface area contributed by atoms with Crippen molar-refractivity contribution in [3.05, 3.63) is 35.9 Å². The first kappa shape index (κ1) is 16.6. The summed E-state index contributed by atoms with van der Waals surface area (Å²) < 4.78 is 0. The molecule has 20 heavy (non-hydrogen) atoms. The van der Waals surface area contributed by atoms with Crippen molar-refractivity contribution in [2.45, 2.75) is 20.3 Å². The van der Waals surface area contributed by atoms with Gasteiger partial charge in [-0.15, -0.1) is 0 Å². The van der Waals surface area contributed by atoms with Crippen LogP contribution in [0.3, 0.4) is 0 Å². The summed E-state index contributed by atoms with van der Waals surface area (Å²) in [4.78, 5) is 14.2. The summed E-state index contributed by atoms with van der Waals surface area (Å²) in [6, 6.07) is 9.06. The largest absolute Gasteiger partial charge is 0.362 e. The van der Waals surface area contributed by atoms with Gasteiger partial charge in [0.15, 0.2) is 5.11 Å². The van der Waals surface area contributed by atoms with Gasteiger partial charge < -0.3 is 10.2 Å². The molecule has 0 heterocycles. The molecule has 0 unspecified atom stereocenters. The van der Waals surface area contributed by atoms with Crippen LogP contribution >= 0.6 is 12.2 Å². The van der Waals surface area contributed by atoms with Crippen LogP contribution in [0.2, 0.25) is 0 Å². The lowest BCUT2D eigenvalue weighted by molar-refractivity contribution is 0.0976. The van der Waals surface area contributed by atoms with Crippen molar-refractivity contribution in [2.75, 3.05) is 26.2 Å². The van der Waals surface area contributed by atoms with Gasteiger partial charge in [0.05, 0.1) is 0 Å². The first-order chi connectivity index (χ1) is 9.67. The topological polar surface area (TPSA) is 44.4 Å². The van der Waals surface area contributed by atoms with Crippen molar-refractivity contribution in [1.29, 1.82) is 0 Å². The van der Waals surface area contributed by atoms with Crippen LogP contribution in [-0.2, 0) is 0 Å². The Labute approximate surface area is 126 Å². The van der Waals surface area contributed by atoms with Crippen LogP contribution in [0.5, 0.6) is 0 Å². The molecule has 0 aliphatic heterocycles. The van der Waals surface area contributed by atoms with Crippen LogP contribution in [-0.4, -0.2) is 42.1 Å². The second-order valence-electron chi connectivity index (χ2n) is 4.46. The Hall–Kier alpha value is -1.46. The molecule has 0 fully saturated rings. The van der Waals surface area contributed by atoms with Crippen molar-refractivity contribution >= 4 is 23.2 Å². The molecule has 0 aromatic heterocycles. The highest BCUT2D eigenvalue weighted by Gasteiger charge is 2.06. The van der Waals surface area contributed by atoms with E-state index in [1.165, 1.54) is 0 Å². The van der Waals surface area contributed by atoms with Crippen molar-refractivity contribution in [3.8, 4) is 0 Å². The Kier molecular flexibility index (Phi) is 7.84. The molecular weight excluding hydrogens is 270 g/mol. The maximum atomic E-state index is 11.8. The molecule has 1 amide bonds. The first-order valence-corrected chi connectivity index (χ1v) is 7.44. The fraction of sp³-hybridized carbons (Fsp3) is 0.467. The number of amides is 1. The van der Waals surface area contributed by atoms with E-state index in [1.54, 1.807) is 12.1 Å². The molecule has 0 bridgehead atoms. The molecule has 4 nitrogen and oxygen atoms in total. The lowest BCUT2D eigenvalue weighted by Crippen LogP contribution is -2.40. The SMILES string of the molecule is CCN(CC)CCCNC(=S)NC(=O)c1ccccc1. The smallest absolute Gasteiger partial charge is 0.257 e. The lowest BCUT2D eigenvalue weighted by Gasteiger charge is -2.18. The summed E-state index contributed by atoms with van der Waals surface area (Å²) in [6.45, 7) is 8.24. The second kappa shape index (κ2) is 9.44. The summed E-state index contributed by atoms with van der Waals surface area (Å²) in [7, 11) is 0. The third kappa shape index (κ3) is 6.12. The molecule has 0 spiro atoms. The molecule has 0 saturated heterocycles. The summed E-state index contributed by atoms with van der Waals surface area (Å²) in [5.74, 6) is -0.174. The third-order valence-corrected chi connectivity index (χ3v) is 3.34. The van der Waals surface area contributed by atoms with E-state index in [0.717, 1.165) is 32.6 Å². The van der Waals surface area contributed by atoms with Crippen LogP contribution in [0.1, 0.15) is 30.6 Å². The number of carbonyl (C=O) groups excluding carboxylic acids is 1. The Bertz CT molecular complexity index is 418. The number of thiocarbonyl (C=S) groups is 1. The fourth-order valence-electron chi connectivity index (χ4n) is 1.85. The summed E-state index contributed by atoms with van der Waals surface area (Å²) in [5, 5.41) is 6.13. The molecule has 0 radical (unpaired) electrons. The van der Waals surface area contributed by atoms with E-state index in [0.29, 0.717) is 10.7 Å². The molecule has 1 aromatic rings. The van der Waals surface area contributed by atoms with Crippen LogP contribution in [0.4, 0.5) is 0 Å². The van der Waals surface area contributed by atoms with Gasteiger partial charge >= 0.3 is 0 Å². The summed E-state index contributed by atoms with van der Waals surface area (Å²) in [6.07, 6.45) is 1.00. The van der Waals surface area contributed by atoms with Crippen molar-refractivity contribution < 1.29 is 4.79 Å². The number of rotatable bonds is 7. The summed E-state index contributed by atoms with van der Waals surface area (Å²) in [5.41, 5.74) is 0.611. The zero-order valence-electron chi connectivity index (χ0n) is 12.2. The quantitative estimate of drug-likeness (QED) is 0.596. The minimum Gasteiger partial charge on any atom is -0.362 e. The van der Waals surface area contributed by atoms with Gasteiger partial charge in [0.1, 0.15) is 0 Å². The van der Waals surface area contributed by atoms with E-state index in [2.05, 4.69) is 29.4 Å². The Morgan fingerprint density at radius 3 is 2.45 bits per heavy atom. The first-order valence-electron chi connectivity index (χ1n) is 7.04. The molecule has 1 rings (SSSR count). The predicted molar refractivity (Wildman–Crippen MR) is 86.9 cm³/mol. The van der Waals surface area contributed by atoms with Gasteiger partial charge in [-0.3, -0.25) is 10.1 Å². The highest BCUT2D eigenvalue weighted by atomic mass is 32.1. The molecule has 0 aliphatic carbocycles. The van der Waals surface area contributed by atoms with Crippen LogP contribution in [0, 0.1) is 0 Å². The van der Waals surface area contributed by atoms with E-state index in [4.69, 9.17) is 12.2 Å². The maximum absolute atomic E-state index is 11.8. The van der Waals surface area contributed by atoms with Gasteiger partial charge in [0, 0.05) is 12.1 Å². The average Bonchev–Trinajstić information content (AvgIpc) is 2.48. The van der Waals surface area contributed by atoms with Gasteiger partial charge in [-0.2, -0.15) is 0 Å². The Morgan fingerprint density at radius 1 is 1.20 bits per heavy atom. The molecule has 2 N–H and O–H groups in total. The second-order valence-corrected chi connectivity index (χ2v) is 4.86. The van der Waals surface area contributed by atoms with Crippen molar-refractivity contribution in [3.63, 3.8) is 0 Å². The zero-order chi connectivity index (χ0) is 14.8. The van der Waals surface area contributed by atoms with E-state index in [9.17, 15) is 4.79 Å². The van der Waals surface area contributed by atoms with E-state index >= 15 is 0 Å². The third-order valence-electron chi connectivity index (χ3n) is 3.09. The molecule has 0 atom stereocenters. The number of benzene rings is 1. The van der Waals surface area contributed by atoms with Gasteiger partial charge in [0.25, 0.3) is 5.91 Å². The minimum atomic E-state index is -0.174. The number of hydrogen-bond acceptors (Lipinski definition) is 3. The number of hydrogen-bond donors (Lipinski definition) is 2. The van der Waals surface area contributed by atoms with Gasteiger partial charge in [0.2, 0.25) is 0 Å². The normalized spacial score (nSPS) is 10.3. The fourth-order valence-corrected chi connectivity index (χ4v) is 2.05. The maximum Gasteiger partial charge on any atom is 0.257 e. The number of carbonyl (C=O) groups is 1. The van der Waals surface area contributed by atoms with Gasteiger partial charge in [-0.25, -0.2) is 0 Å². The van der Waals surface area contributed by atoms with E-state index in [-0.39, 0.29) is 5.91 Å². The number of nitrogens with zero attached hydrogens (tertiary/aromatic N) is 1. The Balaban J connectivity index is 2.22. The highest BCUT2D eigenvalue weighted by molar-refractivity contribution is 7.80. The zero-order valence-corrected chi connectivity index (χ0v) is 13.0. The Morgan fingerprint density at radius 2 is 1.85 bits per heavy atom. The average molecular weight is 293 g/mol. The standard InChI is InChI=1S/C15H23N3OS/c1-3-18(4-2)12-8-11-16-15(20)17-14(19)13-9-6-5-7-10-13/h5-7,9-10H,3-4,8,11-12H2,1-2H3,(H2,16,17,19,20). The lowest BCUT2D eigenvalue weighted by atomic mass is 10.2. The minimum absolute atomic E-state index is 0.174. The molecule has 0 saturated carbocycles. The van der Waals surface area contributed by atoms with E-state index in [1.807, 2.05) is 18.2 Å². The van der Waals surface area contributed by atoms with Gasteiger partial charge in [-0.05, 0) is 50.4 Å². The monoisotopic (exact) mass is 293 g/mol. The van der Waals surface area contributed by atoms with E-state index < -0.39 is 0 Å².